The Balaban J connectivity index is 3.84. The summed E-state index contributed by atoms with van der Waals surface area (Å²) in [5.41, 5.74) is 0. The molecule has 0 rings (SSSR count). The van der Waals surface area contributed by atoms with Crippen molar-refractivity contribution in [1.82, 2.24) is 0 Å². The lowest BCUT2D eigenvalue weighted by molar-refractivity contribution is -0.137. The van der Waals surface area contributed by atoms with E-state index in [1.165, 1.54) is 0 Å². The van der Waals surface area contributed by atoms with E-state index in [0.29, 0.717) is 13.0 Å². The highest BCUT2D eigenvalue weighted by atomic mass is 16.5. The number of nitrogens with zero attached hydrogens (tertiary/aromatic N) is 1. The van der Waals surface area contributed by atoms with Crippen molar-refractivity contribution in [3.63, 3.8) is 0 Å². The van der Waals surface area contributed by atoms with Gasteiger partial charge in [0.25, 0.3) is 0 Å². The van der Waals surface area contributed by atoms with Crippen LogP contribution in [0.5, 0.6) is 0 Å². The van der Waals surface area contributed by atoms with Gasteiger partial charge in [0, 0.05) is 6.61 Å². The Morgan fingerprint density at radius 3 is 2.69 bits per heavy atom. The van der Waals surface area contributed by atoms with Gasteiger partial charge in [-0.1, -0.05) is 0 Å². The van der Waals surface area contributed by atoms with Crippen molar-refractivity contribution in [1.29, 1.82) is 5.26 Å². The Kier molecular flexibility index (Phi) is 5.90. The van der Waals surface area contributed by atoms with Gasteiger partial charge in [0.2, 0.25) is 0 Å². The molecule has 0 saturated heterocycles. The Morgan fingerprint density at radius 2 is 2.31 bits per heavy atom. The summed E-state index contributed by atoms with van der Waals surface area (Å²) in [4.78, 5) is 10.3. The van der Waals surface area contributed by atoms with E-state index in [2.05, 4.69) is 0 Å². The second kappa shape index (κ2) is 6.44. The van der Waals surface area contributed by atoms with Gasteiger partial charge < -0.3 is 9.84 Å². The zero-order valence-electron chi connectivity index (χ0n) is 7.99. The Hall–Kier alpha value is -1.08. The van der Waals surface area contributed by atoms with E-state index in [9.17, 15) is 4.79 Å². The van der Waals surface area contributed by atoms with E-state index < -0.39 is 11.9 Å². The maximum Gasteiger partial charge on any atom is 0.304 e. The van der Waals surface area contributed by atoms with E-state index >= 15 is 0 Å². The van der Waals surface area contributed by atoms with Crippen molar-refractivity contribution >= 4 is 5.97 Å². The monoisotopic (exact) mass is 185 g/mol. The molecule has 1 unspecified atom stereocenters. The van der Waals surface area contributed by atoms with Gasteiger partial charge in [0.05, 0.1) is 24.5 Å². The van der Waals surface area contributed by atoms with Crippen molar-refractivity contribution in [3.8, 4) is 6.07 Å². The first-order chi connectivity index (χ1) is 6.10. The van der Waals surface area contributed by atoms with Crippen LogP contribution in [0.1, 0.15) is 26.7 Å². The molecule has 0 heterocycles. The second-order valence-electron chi connectivity index (χ2n) is 2.93. The van der Waals surface area contributed by atoms with Crippen LogP contribution in [0.3, 0.4) is 0 Å². The van der Waals surface area contributed by atoms with E-state index in [1.54, 1.807) is 0 Å². The molecule has 0 fully saturated rings. The summed E-state index contributed by atoms with van der Waals surface area (Å²) in [6.07, 6.45) is 0.332. The number of hydrogen-bond donors (Lipinski definition) is 1. The molecule has 0 aliphatic heterocycles. The van der Waals surface area contributed by atoms with Gasteiger partial charge in [-0.05, 0) is 20.3 Å². The van der Waals surface area contributed by atoms with Crippen LogP contribution < -0.4 is 0 Å². The molecule has 0 bridgehead atoms. The molecule has 0 radical (unpaired) electrons. The van der Waals surface area contributed by atoms with Crippen molar-refractivity contribution in [2.75, 3.05) is 6.61 Å². The summed E-state index contributed by atoms with van der Waals surface area (Å²) in [5.74, 6) is -1.38. The van der Waals surface area contributed by atoms with E-state index in [4.69, 9.17) is 15.1 Å². The maximum atomic E-state index is 10.3. The zero-order chi connectivity index (χ0) is 10.3. The van der Waals surface area contributed by atoms with Crippen LogP contribution in [-0.2, 0) is 9.53 Å². The smallest absolute Gasteiger partial charge is 0.304 e. The van der Waals surface area contributed by atoms with Gasteiger partial charge in [0.15, 0.2) is 0 Å². The number of nitriles is 1. The summed E-state index contributed by atoms with van der Waals surface area (Å²) in [5, 5.41) is 17.1. The average Bonchev–Trinajstić information content (AvgIpc) is 2.02. The van der Waals surface area contributed by atoms with E-state index in [-0.39, 0.29) is 12.5 Å². The summed E-state index contributed by atoms with van der Waals surface area (Å²) in [6.45, 7) is 4.30. The molecule has 1 N–H and O–H groups in total. The third-order valence-electron chi connectivity index (χ3n) is 1.67. The van der Waals surface area contributed by atoms with Crippen molar-refractivity contribution in [3.05, 3.63) is 0 Å². The predicted octanol–water partition coefficient (Wildman–Crippen LogP) is 1.42. The number of hydrogen-bond acceptors (Lipinski definition) is 3. The van der Waals surface area contributed by atoms with Crippen molar-refractivity contribution in [2.24, 2.45) is 5.92 Å². The molecule has 4 nitrogen and oxygen atoms in total. The van der Waals surface area contributed by atoms with Crippen molar-refractivity contribution in [2.45, 2.75) is 32.8 Å². The molecule has 0 amide bonds. The highest BCUT2D eigenvalue weighted by molar-refractivity contribution is 5.67. The lowest BCUT2D eigenvalue weighted by Crippen LogP contribution is -2.15. The zero-order valence-corrected chi connectivity index (χ0v) is 7.99. The lowest BCUT2D eigenvalue weighted by atomic mass is 10.0. The van der Waals surface area contributed by atoms with E-state index in [1.807, 2.05) is 19.9 Å². The molecule has 0 aliphatic rings. The van der Waals surface area contributed by atoms with Crippen LogP contribution >= 0.6 is 0 Å². The van der Waals surface area contributed by atoms with Crippen LogP contribution in [0.4, 0.5) is 0 Å². The van der Waals surface area contributed by atoms with Gasteiger partial charge in [0.1, 0.15) is 0 Å². The third kappa shape index (κ3) is 6.12. The number of carboxylic acids is 1. The molecular formula is C9H15NO3. The fraction of sp³-hybridized carbons (Fsp3) is 0.778. The molecule has 4 heteroatoms. The number of carbonyl (C=O) groups is 1. The first-order valence-electron chi connectivity index (χ1n) is 4.33. The standard InChI is InChI=1S/C9H15NO3/c1-3-13-7(2)4-8(6-10)5-9(11)12/h7-8H,3-5H2,1-2H3,(H,11,12)/t7-,8?/m0/s1. The Bertz CT molecular complexity index is 198. The highest BCUT2D eigenvalue weighted by Crippen LogP contribution is 2.12. The molecule has 0 aliphatic carbocycles. The number of ether oxygens (including phenoxy) is 1. The lowest BCUT2D eigenvalue weighted by Gasteiger charge is -2.13. The maximum absolute atomic E-state index is 10.3. The predicted molar refractivity (Wildman–Crippen MR) is 47.1 cm³/mol. The molecule has 0 aromatic heterocycles. The molecule has 0 spiro atoms. The molecule has 13 heavy (non-hydrogen) atoms. The largest absolute Gasteiger partial charge is 0.481 e. The topological polar surface area (TPSA) is 70.3 Å². The molecule has 0 aromatic rings. The SMILES string of the molecule is CCO[C@@H](C)CC(C#N)CC(=O)O. The van der Waals surface area contributed by atoms with Crippen LogP contribution in [0.2, 0.25) is 0 Å². The second-order valence-corrected chi connectivity index (χ2v) is 2.93. The molecule has 74 valence electrons. The van der Waals surface area contributed by atoms with Crippen LogP contribution in [0.25, 0.3) is 0 Å². The van der Waals surface area contributed by atoms with Gasteiger partial charge in [-0.25, -0.2) is 0 Å². The Morgan fingerprint density at radius 1 is 1.69 bits per heavy atom. The number of rotatable bonds is 6. The number of aliphatic carboxylic acids is 1. The average molecular weight is 185 g/mol. The van der Waals surface area contributed by atoms with Crippen LogP contribution in [0.15, 0.2) is 0 Å². The third-order valence-corrected chi connectivity index (χ3v) is 1.67. The molecule has 0 aromatic carbocycles. The van der Waals surface area contributed by atoms with Gasteiger partial charge in [-0.2, -0.15) is 5.26 Å². The van der Waals surface area contributed by atoms with Crippen molar-refractivity contribution < 1.29 is 14.6 Å². The van der Waals surface area contributed by atoms with Crippen LogP contribution in [-0.4, -0.2) is 23.8 Å². The van der Waals surface area contributed by atoms with Gasteiger partial charge in [-0.3, -0.25) is 4.79 Å². The molecular weight excluding hydrogens is 170 g/mol. The minimum absolute atomic E-state index is 0.0472. The summed E-state index contributed by atoms with van der Waals surface area (Å²) in [6, 6.07) is 1.96. The fourth-order valence-corrected chi connectivity index (χ4v) is 1.15. The van der Waals surface area contributed by atoms with Gasteiger partial charge >= 0.3 is 5.97 Å². The Labute approximate surface area is 78.1 Å². The normalized spacial score (nSPS) is 14.5. The summed E-state index contributed by atoms with van der Waals surface area (Å²) in [7, 11) is 0. The molecule has 0 saturated carbocycles. The quantitative estimate of drug-likeness (QED) is 0.679. The van der Waals surface area contributed by atoms with Gasteiger partial charge in [-0.15, -0.1) is 0 Å². The summed E-state index contributed by atoms with van der Waals surface area (Å²) >= 11 is 0. The van der Waals surface area contributed by atoms with E-state index in [0.717, 1.165) is 0 Å². The summed E-state index contributed by atoms with van der Waals surface area (Å²) < 4.78 is 5.21. The first-order valence-corrected chi connectivity index (χ1v) is 4.33. The minimum Gasteiger partial charge on any atom is -0.481 e. The number of carboxylic acid groups (broad SMARTS) is 1. The fourth-order valence-electron chi connectivity index (χ4n) is 1.15. The highest BCUT2D eigenvalue weighted by Gasteiger charge is 2.15. The van der Waals surface area contributed by atoms with Crippen LogP contribution in [0, 0.1) is 17.2 Å². The first kappa shape index (κ1) is 11.9. The minimum atomic E-state index is -0.935. The molecule has 2 atom stereocenters.